The van der Waals surface area contributed by atoms with Crippen molar-refractivity contribution in [1.82, 2.24) is 0 Å². The van der Waals surface area contributed by atoms with Crippen LogP contribution >= 0.6 is 0 Å². The van der Waals surface area contributed by atoms with E-state index < -0.39 is 4.92 Å². The number of nitro groups is 1. The predicted octanol–water partition coefficient (Wildman–Crippen LogP) is 2.17. The Bertz CT molecular complexity index is 514. The van der Waals surface area contributed by atoms with Crippen LogP contribution in [-0.2, 0) is 0 Å². The molecule has 20 heavy (non-hydrogen) atoms. The van der Waals surface area contributed by atoms with E-state index in [2.05, 4.69) is 19.0 Å². The van der Waals surface area contributed by atoms with E-state index in [1.807, 2.05) is 11.9 Å². The Morgan fingerprint density at radius 1 is 1.55 bits per heavy atom. The summed E-state index contributed by atoms with van der Waals surface area (Å²) in [6.07, 6.45) is 0.975. The second-order valence-corrected chi connectivity index (χ2v) is 5.05. The van der Waals surface area contributed by atoms with Crippen LogP contribution in [0.5, 0.6) is 0 Å². The Morgan fingerprint density at radius 3 is 2.70 bits per heavy atom. The first kappa shape index (κ1) is 15.7. The van der Waals surface area contributed by atoms with Crippen LogP contribution in [0.3, 0.4) is 0 Å². The molecule has 0 unspecified atom stereocenters. The lowest BCUT2D eigenvalue weighted by Gasteiger charge is -2.22. The zero-order valence-corrected chi connectivity index (χ0v) is 11.9. The molecule has 0 aliphatic heterocycles. The molecule has 7 nitrogen and oxygen atoms in total. The van der Waals surface area contributed by atoms with Gasteiger partial charge in [0.15, 0.2) is 5.84 Å². The highest BCUT2D eigenvalue weighted by Gasteiger charge is 2.16. The van der Waals surface area contributed by atoms with Crippen LogP contribution in [0, 0.1) is 16.0 Å². The second kappa shape index (κ2) is 6.74. The zero-order chi connectivity index (χ0) is 15.3. The quantitative estimate of drug-likeness (QED) is 0.273. The number of non-ortho nitro benzene ring substituents is 1. The average molecular weight is 280 g/mol. The summed E-state index contributed by atoms with van der Waals surface area (Å²) < 4.78 is 0. The van der Waals surface area contributed by atoms with Crippen LogP contribution in [0.25, 0.3) is 0 Å². The van der Waals surface area contributed by atoms with Gasteiger partial charge in [-0.3, -0.25) is 10.1 Å². The minimum Gasteiger partial charge on any atom is -0.409 e. The van der Waals surface area contributed by atoms with Crippen LogP contribution in [0.15, 0.2) is 23.4 Å². The van der Waals surface area contributed by atoms with Gasteiger partial charge in [0.2, 0.25) is 0 Å². The molecule has 0 fully saturated rings. The van der Waals surface area contributed by atoms with Gasteiger partial charge in [0.1, 0.15) is 0 Å². The summed E-state index contributed by atoms with van der Waals surface area (Å²) in [5, 5.41) is 22.6. The molecule has 0 saturated heterocycles. The molecule has 0 radical (unpaired) electrons. The van der Waals surface area contributed by atoms with Gasteiger partial charge in [0.05, 0.1) is 10.5 Å². The lowest BCUT2D eigenvalue weighted by atomic mass is 10.1. The average Bonchev–Trinajstić information content (AvgIpc) is 2.42. The maximum atomic E-state index is 10.8. The van der Waals surface area contributed by atoms with Crippen molar-refractivity contribution < 1.29 is 10.1 Å². The maximum absolute atomic E-state index is 10.8. The van der Waals surface area contributed by atoms with Crippen molar-refractivity contribution >= 4 is 17.2 Å². The van der Waals surface area contributed by atoms with Crippen LogP contribution in [-0.4, -0.2) is 29.6 Å². The number of hydrogen-bond acceptors (Lipinski definition) is 5. The number of nitrogens with two attached hydrogens (primary N) is 1. The highest BCUT2D eigenvalue weighted by Crippen LogP contribution is 2.25. The number of amidine groups is 1. The molecule has 0 aliphatic carbocycles. The zero-order valence-electron chi connectivity index (χ0n) is 11.9. The van der Waals surface area contributed by atoms with Gasteiger partial charge in [-0.05, 0) is 18.4 Å². The van der Waals surface area contributed by atoms with Gasteiger partial charge in [0.25, 0.3) is 5.69 Å². The number of anilines is 1. The maximum Gasteiger partial charge on any atom is 0.270 e. The van der Waals surface area contributed by atoms with Gasteiger partial charge in [-0.15, -0.1) is 0 Å². The first-order chi connectivity index (χ1) is 9.36. The van der Waals surface area contributed by atoms with Gasteiger partial charge in [0, 0.05) is 31.4 Å². The molecule has 1 rings (SSSR count). The Labute approximate surface area is 117 Å². The molecule has 0 aromatic heterocycles. The molecular formula is C13H20N4O3. The SMILES string of the molecule is CC(C)CCN(C)c1ccc([N+](=O)[O-])cc1C(N)=NO. The molecule has 1 aromatic carbocycles. The summed E-state index contributed by atoms with van der Waals surface area (Å²) in [7, 11) is 1.87. The van der Waals surface area contributed by atoms with Gasteiger partial charge in [-0.25, -0.2) is 0 Å². The molecule has 0 saturated carbocycles. The molecule has 110 valence electrons. The van der Waals surface area contributed by atoms with E-state index in [0.29, 0.717) is 17.2 Å². The largest absolute Gasteiger partial charge is 0.409 e. The van der Waals surface area contributed by atoms with Crippen molar-refractivity contribution in [2.24, 2.45) is 16.8 Å². The summed E-state index contributed by atoms with van der Waals surface area (Å²) in [6.45, 7) is 5.02. The fourth-order valence-corrected chi connectivity index (χ4v) is 1.80. The van der Waals surface area contributed by atoms with E-state index in [9.17, 15) is 10.1 Å². The van der Waals surface area contributed by atoms with Crippen LogP contribution in [0.1, 0.15) is 25.8 Å². The third-order valence-electron chi connectivity index (χ3n) is 3.03. The van der Waals surface area contributed by atoms with E-state index in [0.717, 1.165) is 13.0 Å². The topological polar surface area (TPSA) is 105 Å². The summed E-state index contributed by atoms with van der Waals surface area (Å²) in [4.78, 5) is 12.2. The molecule has 0 atom stereocenters. The Kier molecular flexibility index (Phi) is 5.31. The lowest BCUT2D eigenvalue weighted by Crippen LogP contribution is -2.24. The van der Waals surface area contributed by atoms with E-state index >= 15 is 0 Å². The molecule has 7 heteroatoms. The molecule has 1 aromatic rings. The molecule has 0 bridgehead atoms. The van der Waals surface area contributed by atoms with Gasteiger partial charge < -0.3 is 15.8 Å². The van der Waals surface area contributed by atoms with Gasteiger partial charge >= 0.3 is 0 Å². The molecule has 0 aliphatic rings. The third kappa shape index (κ3) is 3.84. The summed E-state index contributed by atoms with van der Waals surface area (Å²) in [6, 6.07) is 4.34. The standard InChI is InChI=1S/C13H20N4O3/c1-9(2)6-7-16(3)12-5-4-10(17(19)20)8-11(12)13(14)15-18/h4-5,8-9,18H,6-7H2,1-3H3,(H2,14,15). The molecule has 0 heterocycles. The normalized spacial score (nSPS) is 11.7. The summed E-state index contributed by atoms with van der Waals surface area (Å²) in [5.41, 5.74) is 6.57. The van der Waals surface area contributed by atoms with E-state index in [-0.39, 0.29) is 11.5 Å². The lowest BCUT2D eigenvalue weighted by molar-refractivity contribution is -0.384. The number of nitrogens with zero attached hydrogens (tertiary/aromatic N) is 3. The molecular weight excluding hydrogens is 260 g/mol. The Hall–Kier alpha value is -2.31. The first-order valence-corrected chi connectivity index (χ1v) is 6.34. The minimum atomic E-state index is -0.508. The van der Waals surface area contributed by atoms with Gasteiger partial charge in [-0.1, -0.05) is 19.0 Å². The number of hydrogen-bond donors (Lipinski definition) is 2. The summed E-state index contributed by atoms with van der Waals surface area (Å²) >= 11 is 0. The molecule has 3 N–H and O–H groups in total. The number of rotatable bonds is 6. The highest BCUT2D eigenvalue weighted by molar-refractivity contribution is 6.02. The van der Waals surface area contributed by atoms with Crippen molar-refractivity contribution in [3.63, 3.8) is 0 Å². The van der Waals surface area contributed by atoms with Crippen molar-refractivity contribution in [3.05, 3.63) is 33.9 Å². The molecule has 0 spiro atoms. The van der Waals surface area contributed by atoms with Crippen LogP contribution < -0.4 is 10.6 Å². The van der Waals surface area contributed by atoms with E-state index in [4.69, 9.17) is 10.9 Å². The predicted molar refractivity (Wildman–Crippen MR) is 78.3 cm³/mol. The Morgan fingerprint density at radius 2 is 2.20 bits per heavy atom. The van der Waals surface area contributed by atoms with Gasteiger partial charge in [-0.2, -0.15) is 0 Å². The number of benzene rings is 1. The second-order valence-electron chi connectivity index (χ2n) is 5.05. The highest BCUT2D eigenvalue weighted by atomic mass is 16.6. The van der Waals surface area contributed by atoms with Crippen LogP contribution in [0.2, 0.25) is 0 Å². The minimum absolute atomic E-state index is 0.0902. The molecule has 0 amide bonds. The third-order valence-corrected chi connectivity index (χ3v) is 3.03. The Balaban J connectivity index is 3.14. The first-order valence-electron chi connectivity index (χ1n) is 6.34. The smallest absolute Gasteiger partial charge is 0.270 e. The van der Waals surface area contributed by atoms with Crippen molar-refractivity contribution in [2.45, 2.75) is 20.3 Å². The number of oxime groups is 1. The fraction of sp³-hybridized carbons (Fsp3) is 0.462. The monoisotopic (exact) mass is 280 g/mol. The summed E-state index contributed by atoms with van der Waals surface area (Å²) in [5.74, 6) is 0.405. The van der Waals surface area contributed by atoms with Crippen molar-refractivity contribution in [3.8, 4) is 0 Å². The number of nitro benzene ring substituents is 1. The van der Waals surface area contributed by atoms with Crippen molar-refractivity contribution in [2.75, 3.05) is 18.5 Å². The van der Waals surface area contributed by atoms with E-state index in [1.54, 1.807) is 6.07 Å². The van der Waals surface area contributed by atoms with Crippen LogP contribution in [0.4, 0.5) is 11.4 Å². The fourth-order valence-electron chi connectivity index (χ4n) is 1.80. The van der Waals surface area contributed by atoms with Crippen molar-refractivity contribution in [1.29, 1.82) is 0 Å². The van der Waals surface area contributed by atoms with E-state index in [1.165, 1.54) is 12.1 Å².